The predicted molar refractivity (Wildman–Crippen MR) is 45.4 cm³/mol. The zero-order valence-corrected chi connectivity index (χ0v) is 7.39. The molecule has 62 valence electrons. The normalized spacial score (nSPS) is 48.2. The van der Waals surface area contributed by atoms with Crippen LogP contribution in [0.3, 0.4) is 0 Å². The van der Waals surface area contributed by atoms with E-state index in [0.717, 1.165) is 5.92 Å². The lowest BCUT2D eigenvalue weighted by molar-refractivity contribution is 0.303. The third-order valence-corrected chi connectivity index (χ3v) is 3.22. The molecule has 0 aromatic carbocycles. The van der Waals surface area contributed by atoms with Gasteiger partial charge in [0.05, 0.1) is 11.7 Å². The maximum absolute atomic E-state index is 5.60. The Balaban J connectivity index is 1.98. The Hall–Kier alpha value is -0.300. The van der Waals surface area contributed by atoms with Gasteiger partial charge in [-0.25, -0.2) is 0 Å². The van der Waals surface area contributed by atoms with Gasteiger partial charge in [-0.15, -0.1) is 0 Å². The smallest absolute Gasteiger partial charge is 0.0920 e. The number of hydrogen-bond acceptors (Lipinski definition) is 1. The first kappa shape index (κ1) is 7.35. The molecule has 1 saturated heterocycles. The van der Waals surface area contributed by atoms with Gasteiger partial charge in [0.25, 0.3) is 0 Å². The monoisotopic (exact) mass is 152 g/mol. The van der Waals surface area contributed by atoms with Crippen LogP contribution in [-0.2, 0) is 4.74 Å². The molecule has 2 fully saturated rings. The Morgan fingerprint density at radius 1 is 1.64 bits per heavy atom. The average Bonchev–Trinajstić information content (AvgIpc) is 2.58. The maximum Gasteiger partial charge on any atom is 0.0920 e. The van der Waals surface area contributed by atoms with E-state index in [4.69, 9.17) is 4.74 Å². The van der Waals surface area contributed by atoms with E-state index in [9.17, 15) is 0 Å². The summed E-state index contributed by atoms with van der Waals surface area (Å²) in [7, 11) is 0. The van der Waals surface area contributed by atoms with Gasteiger partial charge in [-0.1, -0.05) is 12.2 Å². The number of rotatable bonds is 1. The Morgan fingerprint density at radius 3 is 2.91 bits per heavy atom. The average molecular weight is 152 g/mol. The van der Waals surface area contributed by atoms with Crippen molar-refractivity contribution in [1.29, 1.82) is 0 Å². The van der Waals surface area contributed by atoms with Crippen LogP contribution in [0.5, 0.6) is 0 Å². The van der Waals surface area contributed by atoms with Crippen molar-refractivity contribution < 1.29 is 4.74 Å². The van der Waals surface area contributed by atoms with Crippen LogP contribution < -0.4 is 0 Å². The molecule has 2 unspecified atom stereocenters. The van der Waals surface area contributed by atoms with E-state index in [-0.39, 0.29) is 5.60 Å². The quantitative estimate of drug-likeness (QED) is 0.415. The lowest BCUT2D eigenvalue weighted by atomic mass is 9.80. The van der Waals surface area contributed by atoms with Crippen molar-refractivity contribution in [3.8, 4) is 0 Å². The molecule has 2 rings (SSSR count). The minimum absolute atomic E-state index is 0.270. The highest BCUT2D eigenvalue weighted by molar-refractivity contribution is 5.10. The van der Waals surface area contributed by atoms with E-state index in [1.807, 2.05) is 0 Å². The number of allylic oxidation sites excluding steroid dienone is 1. The van der Waals surface area contributed by atoms with E-state index in [1.165, 1.54) is 24.8 Å². The van der Waals surface area contributed by atoms with Gasteiger partial charge in [0.1, 0.15) is 0 Å². The van der Waals surface area contributed by atoms with E-state index >= 15 is 0 Å². The van der Waals surface area contributed by atoms with E-state index in [1.54, 1.807) is 0 Å². The zero-order chi connectivity index (χ0) is 8.06. The summed E-state index contributed by atoms with van der Waals surface area (Å²) in [4.78, 5) is 0. The van der Waals surface area contributed by atoms with Crippen molar-refractivity contribution in [3.63, 3.8) is 0 Å². The van der Waals surface area contributed by atoms with E-state index < -0.39 is 0 Å². The van der Waals surface area contributed by atoms with Gasteiger partial charge in [-0.2, -0.15) is 0 Å². The summed E-state index contributed by atoms with van der Waals surface area (Å²) in [5, 5.41) is 0. The lowest BCUT2D eigenvalue weighted by Crippen LogP contribution is -2.21. The molecule has 1 aliphatic heterocycles. The molecule has 0 bridgehead atoms. The van der Waals surface area contributed by atoms with Crippen molar-refractivity contribution in [3.05, 3.63) is 12.2 Å². The fraction of sp³-hybridized carbons (Fsp3) is 0.800. The highest BCUT2D eigenvalue weighted by Crippen LogP contribution is 2.50. The van der Waals surface area contributed by atoms with Gasteiger partial charge in [-0.05, 0) is 39.0 Å². The molecule has 0 amide bonds. The second kappa shape index (κ2) is 2.10. The molecule has 1 heterocycles. The molecule has 11 heavy (non-hydrogen) atoms. The van der Waals surface area contributed by atoms with Crippen LogP contribution in [0.4, 0.5) is 0 Å². The van der Waals surface area contributed by atoms with Crippen molar-refractivity contribution in [1.82, 2.24) is 0 Å². The number of fused-ring (bicyclic) bond motifs is 1. The molecule has 2 aliphatic rings. The van der Waals surface area contributed by atoms with Crippen LogP contribution in [-0.4, -0.2) is 11.7 Å². The molecule has 1 saturated carbocycles. The van der Waals surface area contributed by atoms with Gasteiger partial charge in [-0.3, -0.25) is 0 Å². The lowest BCUT2D eigenvalue weighted by Gasteiger charge is -2.22. The number of ether oxygens (including phenoxy) is 1. The van der Waals surface area contributed by atoms with Crippen LogP contribution in [0.1, 0.15) is 33.1 Å². The zero-order valence-electron chi connectivity index (χ0n) is 7.39. The first-order valence-electron chi connectivity index (χ1n) is 4.45. The fourth-order valence-electron chi connectivity index (χ4n) is 2.09. The third-order valence-electron chi connectivity index (χ3n) is 3.22. The topological polar surface area (TPSA) is 12.5 Å². The van der Waals surface area contributed by atoms with Crippen molar-refractivity contribution in [2.75, 3.05) is 0 Å². The molecule has 1 nitrogen and oxygen atoms in total. The Bertz CT molecular complexity index is 197. The summed E-state index contributed by atoms with van der Waals surface area (Å²) >= 11 is 0. The van der Waals surface area contributed by atoms with Crippen LogP contribution in [0.15, 0.2) is 12.2 Å². The molecule has 1 aliphatic carbocycles. The van der Waals surface area contributed by atoms with E-state index in [0.29, 0.717) is 6.10 Å². The molecule has 3 atom stereocenters. The molecular weight excluding hydrogens is 136 g/mol. The van der Waals surface area contributed by atoms with Crippen LogP contribution in [0.2, 0.25) is 0 Å². The Kier molecular flexibility index (Phi) is 1.40. The molecule has 0 spiro atoms. The Morgan fingerprint density at radius 2 is 2.36 bits per heavy atom. The first-order chi connectivity index (χ1) is 5.12. The predicted octanol–water partition coefficient (Wildman–Crippen LogP) is 2.52. The number of epoxide rings is 1. The maximum atomic E-state index is 5.60. The van der Waals surface area contributed by atoms with Crippen molar-refractivity contribution in [2.45, 2.75) is 44.8 Å². The highest BCUT2D eigenvalue weighted by atomic mass is 16.6. The van der Waals surface area contributed by atoms with Gasteiger partial charge in [0, 0.05) is 0 Å². The summed E-state index contributed by atoms with van der Waals surface area (Å²) in [6.07, 6.45) is 4.28. The number of hydrogen-bond donors (Lipinski definition) is 0. The molecule has 0 N–H and O–H groups in total. The van der Waals surface area contributed by atoms with Crippen LogP contribution in [0.25, 0.3) is 0 Å². The second-order valence-electron chi connectivity index (χ2n) is 4.24. The largest absolute Gasteiger partial charge is 0.366 e. The van der Waals surface area contributed by atoms with Gasteiger partial charge in [0.2, 0.25) is 0 Å². The summed E-state index contributed by atoms with van der Waals surface area (Å²) in [6, 6.07) is 0. The second-order valence-corrected chi connectivity index (χ2v) is 4.24. The molecule has 0 aromatic heterocycles. The van der Waals surface area contributed by atoms with Crippen LogP contribution in [0, 0.1) is 5.92 Å². The summed E-state index contributed by atoms with van der Waals surface area (Å²) < 4.78 is 5.60. The first-order valence-corrected chi connectivity index (χ1v) is 4.45. The van der Waals surface area contributed by atoms with Gasteiger partial charge in [0.15, 0.2) is 0 Å². The Labute approximate surface area is 68.4 Å². The molecule has 0 radical (unpaired) electrons. The molecule has 0 aromatic rings. The van der Waals surface area contributed by atoms with Gasteiger partial charge < -0.3 is 4.74 Å². The summed E-state index contributed by atoms with van der Waals surface area (Å²) in [6.45, 7) is 8.36. The summed E-state index contributed by atoms with van der Waals surface area (Å²) in [5.41, 5.74) is 1.61. The SMILES string of the molecule is C=C(C)C1CC[C@]2(C)OC2C1. The van der Waals surface area contributed by atoms with Crippen molar-refractivity contribution in [2.24, 2.45) is 5.92 Å². The molecular formula is C10H16O. The molecule has 1 heteroatoms. The minimum atomic E-state index is 0.270. The van der Waals surface area contributed by atoms with Gasteiger partial charge >= 0.3 is 0 Å². The highest BCUT2D eigenvalue weighted by Gasteiger charge is 2.55. The fourth-order valence-corrected chi connectivity index (χ4v) is 2.09. The minimum Gasteiger partial charge on any atom is -0.366 e. The standard InChI is InChI=1S/C10H16O/c1-7(2)8-4-5-10(3)9(6-8)11-10/h8-9H,1,4-6H2,2-3H3/t8?,9?,10-/m0/s1. The summed E-state index contributed by atoms with van der Waals surface area (Å²) in [5.74, 6) is 0.732. The van der Waals surface area contributed by atoms with E-state index in [2.05, 4.69) is 20.4 Å². The third kappa shape index (κ3) is 1.12. The van der Waals surface area contributed by atoms with Crippen LogP contribution >= 0.6 is 0 Å². The van der Waals surface area contributed by atoms with Crippen molar-refractivity contribution >= 4 is 0 Å².